The molecule has 0 unspecified atom stereocenters. The van der Waals surface area contributed by atoms with Crippen molar-refractivity contribution in [1.82, 2.24) is 9.88 Å². The van der Waals surface area contributed by atoms with E-state index >= 15 is 0 Å². The van der Waals surface area contributed by atoms with Gasteiger partial charge in [0.2, 0.25) is 5.88 Å². The molecule has 2 aromatic rings. The van der Waals surface area contributed by atoms with Crippen molar-refractivity contribution >= 4 is 29.6 Å². The van der Waals surface area contributed by atoms with Crippen LogP contribution in [0.4, 0.5) is 29.9 Å². The number of rotatable bonds is 7. The SMILES string of the molecule is O=C(O)CC1CCC(OC(=O)N2CCc3cc(NC(=O)Nc4cccc(OC(F)F)n4)ccc3C2)CC1. The molecular weight excluding hydrogens is 490 g/mol. The first-order valence-corrected chi connectivity index (χ1v) is 12.0. The standard InChI is InChI=1S/C25H28F2N4O6/c26-23(27)37-21-3-1-2-20(29-21)30-24(34)28-18-7-6-17-14-31(11-10-16(17)13-18)25(35)36-19-8-4-15(5-9-19)12-22(32)33/h1-3,6-7,13,15,19,23H,4-5,8-12,14H2,(H,32,33)(H2,28,29,30,34). The van der Waals surface area contributed by atoms with Gasteiger partial charge in [-0.1, -0.05) is 12.1 Å². The lowest BCUT2D eigenvalue weighted by atomic mass is 9.85. The summed E-state index contributed by atoms with van der Waals surface area (Å²) in [5, 5.41) is 14.1. The largest absolute Gasteiger partial charge is 0.481 e. The number of fused-ring (bicyclic) bond motifs is 1. The molecule has 1 aliphatic carbocycles. The maximum atomic E-state index is 12.7. The van der Waals surface area contributed by atoms with Crippen molar-refractivity contribution in [3.05, 3.63) is 47.5 Å². The Bertz CT molecular complexity index is 1140. The van der Waals surface area contributed by atoms with Crippen LogP contribution in [-0.2, 0) is 22.5 Å². The van der Waals surface area contributed by atoms with Crippen LogP contribution in [0.25, 0.3) is 0 Å². The van der Waals surface area contributed by atoms with Crippen LogP contribution in [0.2, 0.25) is 0 Å². The summed E-state index contributed by atoms with van der Waals surface area (Å²) in [5.74, 6) is -0.912. The third-order valence-corrected chi connectivity index (χ3v) is 6.43. The minimum atomic E-state index is -3.02. The quantitative estimate of drug-likeness (QED) is 0.477. The Kier molecular flexibility index (Phi) is 8.36. The molecule has 3 amide bonds. The highest BCUT2D eigenvalue weighted by atomic mass is 19.3. The van der Waals surface area contributed by atoms with E-state index in [0.717, 1.165) is 24.0 Å². The van der Waals surface area contributed by atoms with Crippen molar-refractivity contribution in [1.29, 1.82) is 0 Å². The molecule has 37 heavy (non-hydrogen) atoms. The van der Waals surface area contributed by atoms with Crippen molar-refractivity contribution in [2.45, 2.75) is 57.8 Å². The highest BCUT2D eigenvalue weighted by molar-refractivity contribution is 5.99. The molecule has 0 spiro atoms. The molecule has 2 aliphatic rings. The van der Waals surface area contributed by atoms with Crippen molar-refractivity contribution in [2.24, 2.45) is 5.92 Å². The molecule has 1 aromatic carbocycles. The summed E-state index contributed by atoms with van der Waals surface area (Å²) in [6.45, 7) is -2.16. The number of halogens is 2. The highest BCUT2D eigenvalue weighted by Crippen LogP contribution is 2.30. The number of aliphatic carboxylic acids is 1. The number of anilines is 2. The van der Waals surface area contributed by atoms with Crippen molar-refractivity contribution < 1.29 is 37.7 Å². The van der Waals surface area contributed by atoms with Crippen LogP contribution in [0.5, 0.6) is 5.88 Å². The summed E-state index contributed by atoms with van der Waals surface area (Å²) in [4.78, 5) is 41.4. The number of urea groups is 1. The number of hydrogen-bond acceptors (Lipinski definition) is 6. The number of alkyl halides is 2. The molecule has 1 aliphatic heterocycles. The Labute approximate surface area is 212 Å². The Hall–Kier alpha value is -3.96. The maximum Gasteiger partial charge on any atom is 0.410 e. The molecule has 12 heteroatoms. The summed E-state index contributed by atoms with van der Waals surface area (Å²) >= 11 is 0. The number of carbonyl (C=O) groups is 3. The molecule has 1 saturated carbocycles. The zero-order chi connectivity index (χ0) is 26.4. The van der Waals surface area contributed by atoms with E-state index in [-0.39, 0.29) is 36.2 Å². The molecule has 0 bridgehead atoms. The van der Waals surface area contributed by atoms with Gasteiger partial charge in [0, 0.05) is 31.3 Å². The summed E-state index contributed by atoms with van der Waals surface area (Å²) in [6, 6.07) is 8.90. The Morgan fingerprint density at radius 1 is 1.08 bits per heavy atom. The predicted octanol–water partition coefficient (Wildman–Crippen LogP) is 4.86. The fraction of sp³-hybridized carbons (Fsp3) is 0.440. The van der Waals surface area contributed by atoms with E-state index in [1.165, 1.54) is 18.2 Å². The second kappa shape index (κ2) is 11.8. The number of amides is 3. The van der Waals surface area contributed by atoms with Crippen LogP contribution in [0, 0.1) is 5.92 Å². The molecule has 4 rings (SSSR count). The smallest absolute Gasteiger partial charge is 0.410 e. The van der Waals surface area contributed by atoms with Gasteiger partial charge in [0.1, 0.15) is 11.9 Å². The van der Waals surface area contributed by atoms with E-state index in [1.54, 1.807) is 11.0 Å². The van der Waals surface area contributed by atoms with Crippen LogP contribution in [0.15, 0.2) is 36.4 Å². The fourth-order valence-corrected chi connectivity index (χ4v) is 4.62. The second-order valence-electron chi connectivity index (χ2n) is 9.10. The number of pyridine rings is 1. The molecular formula is C25H28F2N4O6. The third kappa shape index (κ3) is 7.51. The van der Waals surface area contributed by atoms with Gasteiger partial charge < -0.3 is 24.8 Å². The number of hydrogen-bond donors (Lipinski definition) is 3. The number of nitrogens with one attached hydrogen (secondary N) is 2. The molecule has 0 saturated heterocycles. The second-order valence-corrected chi connectivity index (χ2v) is 9.10. The van der Waals surface area contributed by atoms with Gasteiger partial charge in [-0.3, -0.25) is 10.1 Å². The Morgan fingerprint density at radius 2 is 1.86 bits per heavy atom. The van der Waals surface area contributed by atoms with E-state index in [2.05, 4.69) is 20.4 Å². The lowest BCUT2D eigenvalue weighted by Gasteiger charge is -2.32. The molecule has 0 atom stereocenters. The summed E-state index contributed by atoms with van der Waals surface area (Å²) in [5.41, 5.74) is 2.46. The molecule has 0 radical (unpaired) electrons. The first kappa shape index (κ1) is 26.1. The number of carboxylic acids is 1. The average Bonchev–Trinajstić information content (AvgIpc) is 2.84. The number of aromatic nitrogens is 1. The zero-order valence-electron chi connectivity index (χ0n) is 20.0. The van der Waals surface area contributed by atoms with E-state index in [9.17, 15) is 23.2 Å². The molecule has 1 aromatic heterocycles. The number of benzene rings is 1. The fourth-order valence-electron chi connectivity index (χ4n) is 4.62. The minimum absolute atomic E-state index is 0.0538. The van der Waals surface area contributed by atoms with Crippen molar-refractivity contribution in [3.8, 4) is 5.88 Å². The van der Waals surface area contributed by atoms with Crippen LogP contribution >= 0.6 is 0 Å². The van der Waals surface area contributed by atoms with Gasteiger partial charge in [0.05, 0.1) is 0 Å². The highest BCUT2D eigenvalue weighted by Gasteiger charge is 2.28. The summed E-state index contributed by atoms with van der Waals surface area (Å²) in [6.07, 6.45) is 2.99. The first-order chi connectivity index (χ1) is 17.7. The van der Waals surface area contributed by atoms with Gasteiger partial charge in [0.15, 0.2) is 0 Å². The van der Waals surface area contributed by atoms with Gasteiger partial charge in [-0.2, -0.15) is 13.8 Å². The number of carboxylic acid groups (broad SMARTS) is 1. The lowest BCUT2D eigenvalue weighted by Crippen LogP contribution is -2.39. The van der Waals surface area contributed by atoms with Gasteiger partial charge in [-0.25, -0.2) is 9.59 Å². The zero-order valence-corrected chi connectivity index (χ0v) is 20.0. The van der Waals surface area contributed by atoms with Crippen LogP contribution in [-0.4, -0.2) is 52.3 Å². The molecule has 10 nitrogen and oxygen atoms in total. The molecule has 3 N–H and O–H groups in total. The van der Waals surface area contributed by atoms with Gasteiger partial charge in [0.25, 0.3) is 0 Å². The van der Waals surface area contributed by atoms with Crippen molar-refractivity contribution in [3.63, 3.8) is 0 Å². The normalized spacial score (nSPS) is 19.1. The van der Waals surface area contributed by atoms with E-state index in [4.69, 9.17) is 9.84 Å². The number of ether oxygens (including phenoxy) is 2. The number of carbonyl (C=O) groups excluding carboxylic acids is 2. The number of nitrogens with zero attached hydrogens (tertiary/aromatic N) is 2. The predicted molar refractivity (Wildman–Crippen MR) is 129 cm³/mol. The summed E-state index contributed by atoms with van der Waals surface area (Å²) < 4.78 is 34.6. The Balaban J connectivity index is 1.27. The van der Waals surface area contributed by atoms with Crippen LogP contribution in [0.1, 0.15) is 43.2 Å². The first-order valence-electron chi connectivity index (χ1n) is 12.0. The minimum Gasteiger partial charge on any atom is -0.481 e. The third-order valence-electron chi connectivity index (χ3n) is 6.43. The van der Waals surface area contributed by atoms with Crippen molar-refractivity contribution in [2.75, 3.05) is 17.2 Å². The monoisotopic (exact) mass is 518 g/mol. The van der Waals surface area contributed by atoms with E-state index < -0.39 is 18.6 Å². The van der Waals surface area contributed by atoms with E-state index in [1.807, 2.05) is 12.1 Å². The van der Waals surface area contributed by atoms with Gasteiger partial charge in [-0.05, 0) is 67.3 Å². The molecule has 2 heterocycles. The van der Waals surface area contributed by atoms with Crippen LogP contribution in [0.3, 0.4) is 0 Å². The summed E-state index contributed by atoms with van der Waals surface area (Å²) in [7, 11) is 0. The maximum absolute atomic E-state index is 12.7. The van der Waals surface area contributed by atoms with Crippen LogP contribution < -0.4 is 15.4 Å². The Morgan fingerprint density at radius 3 is 2.59 bits per heavy atom. The average molecular weight is 519 g/mol. The van der Waals surface area contributed by atoms with Gasteiger partial charge >= 0.3 is 24.7 Å². The molecule has 198 valence electrons. The van der Waals surface area contributed by atoms with E-state index in [0.29, 0.717) is 38.0 Å². The topological polar surface area (TPSA) is 130 Å². The lowest BCUT2D eigenvalue weighted by molar-refractivity contribution is -0.138. The van der Waals surface area contributed by atoms with Gasteiger partial charge in [-0.15, -0.1) is 0 Å². The molecule has 1 fully saturated rings.